The number of halogens is 2. The Morgan fingerprint density at radius 2 is 1.79 bits per heavy atom. The minimum atomic E-state index is -0.656. The molecule has 0 spiro atoms. The number of hydrogen-bond donors (Lipinski definition) is 2. The molecule has 2 aromatic heterocycles. The second-order valence-electron chi connectivity index (χ2n) is 9.29. The maximum Gasteiger partial charge on any atom is 0.355 e. The summed E-state index contributed by atoms with van der Waals surface area (Å²) >= 11 is 12.6. The van der Waals surface area contributed by atoms with E-state index in [1.807, 2.05) is 6.07 Å². The van der Waals surface area contributed by atoms with Crippen molar-refractivity contribution in [2.75, 3.05) is 44.8 Å². The van der Waals surface area contributed by atoms with Gasteiger partial charge in [-0.1, -0.05) is 35.3 Å². The average Bonchev–Trinajstić information content (AvgIpc) is 3.07. The monoisotopic (exact) mass is 552 g/mol. The summed E-state index contributed by atoms with van der Waals surface area (Å²) in [4.78, 5) is 41.7. The minimum absolute atomic E-state index is 0.0869. The number of anilines is 3. The van der Waals surface area contributed by atoms with E-state index in [1.165, 1.54) is 17.3 Å². The molecule has 2 aromatic carbocycles. The molecule has 0 unspecified atom stereocenters. The van der Waals surface area contributed by atoms with E-state index in [-0.39, 0.29) is 39.1 Å². The molecular formula is C26H26Cl2N8O2. The quantitative estimate of drug-likeness (QED) is 0.386. The Balaban J connectivity index is 1.39. The first-order chi connectivity index (χ1) is 18.2. The van der Waals surface area contributed by atoms with Crippen LogP contribution in [0.1, 0.15) is 11.1 Å². The van der Waals surface area contributed by atoms with Gasteiger partial charge >= 0.3 is 5.69 Å². The molecule has 0 fully saturated rings. The highest BCUT2D eigenvalue weighted by molar-refractivity contribution is 6.37. The van der Waals surface area contributed by atoms with E-state index in [0.29, 0.717) is 11.9 Å². The summed E-state index contributed by atoms with van der Waals surface area (Å²) in [7, 11) is 3.55. The van der Waals surface area contributed by atoms with Gasteiger partial charge in [-0.05, 0) is 48.2 Å². The van der Waals surface area contributed by atoms with E-state index in [2.05, 4.69) is 37.3 Å². The van der Waals surface area contributed by atoms with Crippen LogP contribution < -0.4 is 16.7 Å². The second-order valence-corrected chi connectivity index (χ2v) is 10.1. The molecule has 1 amide bonds. The van der Waals surface area contributed by atoms with Crippen molar-refractivity contribution in [2.45, 2.75) is 12.8 Å². The van der Waals surface area contributed by atoms with Gasteiger partial charge in [0.05, 0.1) is 27.7 Å². The van der Waals surface area contributed by atoms with Gasteiger partial charge in [0.2, 0.25) is 11.9 Å². The minimum Gasteiger partial charge on any atom is -0.384 e. The SMILES string of the molecule is CN(C)C(=O)CN1CCc2ccc(Nc3ncc4c(N)n(-c5c(Cl)cccc5Cl)c(=O)nc4n3)cc2CC1. The zero-order valence-corrected chi connectivity index (χ0v) is 22.4. The highest BCUT2D eigenvalue weighted by Gasteiger charge is 2.19. The fourth-order valence-electron chi connectivity index (χ4n) is 4.45. The van der Waals surface area contributed by atoms with Crippen molar-refractivity contribution in [1.29, 1.82) is 0 Å². The van der Waals surface area contributed by atoms with Crippen molar-refractivity contribution < 1.29 is 4.79 Å². The van der Waals surface area contributed by atoms with Crippen LogP contribution in [0.25, 0.3) is 16.7 Å². The number of para-hydroxylation sites is 1. The van der Waals surface area contributed by atoms with Gasteiger partial charge in [-0.3, -0.25) is 9.69 Å². The lowest BCUT2D eigenvalue weighted by atomic mass is 10.0. The molecule has 196 valence electrons. The van der Waals surface area contributed by atoms with E-state index in [4.69, 9.17) is 28.9 Å². The number of likely N-dealkylation sites (N-methyl/N-ethyl adjacent to an activating group) is 1. The zero-order valence-electron chi connectivity index (χ0n) is 20.9. The van der Waals surface area contributed by atoms with Crippen LogP contribution in [0, 0.1) is 0 Å². The Morgan fingerprint density at radius 1 is 1.08 bits per heavy atom. The molecular weight excluding hydrogens is 527 g/mol. The summed E-state index contributed by atoms with van der Waals surface area (Å²) in [6.45, 7) is 2.04. The molecule has 0 saturated heterocycles. The Hall–Kier alpha value is -3.73. The third-order valence-corrected chi connectivity index (χ3v) is 7.16. The van der Waals surface area contributed by atoms with Crippen LogP contribution in [0.5, 0.6) is 0 Å². The number of nitrogens with two attached hydrogens (primary N) is 1. The third-order valence-electron chi connectivity index (χ3n) is 6.55. The van der Waals surface area contributed by atoms with E-state index >= 15 is 0 Å². The number of benzene rings is 2. The van der Waals surface area contributed by atoms with Crippen LogP contribution >= 0.6 is 23.2 Å². The van der Waals surface area contributed by atoms with Crippen LogP contribution in [0.15, 0.2) is 47.4 Å². The summed E-state index contributed by atoms with van der Waals surface area (Å²) in [5.74, 6) is 0.468. The summed E-state index contributed by atoms with van der Waals surface area (Å²) in [5.41, 5.74) is 9.34. The molecule has 5 rings (SSSR count). The first-order valence-electron chi connectivity index (χ1n) is 12.0. The molecule has 10 nitrogen and oxygen atoms in total. The van der Waals surface area contributed by atoms with Crippen molar-refractivity contribution in [2.24, 2.45) is 0 Å². The summed E-state index contributed by atoms with van der Waals surface area (Å²) in [6, 6.07) is 11.0. The first-order valence-corrected chi connectivity index (χ1v) is 12.8. The molecule has 1 aliphatic rings. The lowest BCUT2D eigenvalue weighted by Crippen LogP contribution is -2.37. The number of carbonyl (C=O) groups excluding carboxylic acids is 1. The maximum absolute atomic E-state index is 12.9. The number of hydrogen-bond acceptors (Lipinski definition) is 8. The smallest absolute Gasteiger partial charge is 0.355 e. The standard InChI is InChI=1S/C26H26Cl2N8O2/c1-34(2)21(37)14-35-10-8-15-6-7-17(12-16(15)9-11-35)31-25-30-13-18-23(29)36(26(38)33-24(18)32-25)22-19(27)4-3-5-20(22)28/h3-7,12-13H,8-11,14,29H2,1-2H3,(H,31,32,33,38). The molecule has 12 heteroatoms. The molecule has 1 aliphatic heterocycles. The van der Waals surface area contributed by atoms with Crippen LogP contribution in [-0.2, 0) is 17.6 Å². The van der Waals surface area contributed by atoms with Crippen molar-refractivity contribution in [1.82, 2.24) is 29.3 Å². The number of amides is 1. The van der Waals surface area contributed by atoms with E-state index < -0.39 is 5.69 Å². The number of nitrogens with one attached hydrogen (secondary N) is 1. The van der Waals surface area contributed by atoms with Crippen LogP contribution in [0.2, 0.25) is 10.0 Å². The molecule has 0 bridgehead atoms. The van der Waals surface area contributed by atoms with Gasteiger partial charge in [-0.2, -0.15) is 9.97 Å². The second kappa shape index (κ2) is 10.6. The van der Waals surface area contributed by atoms with Crippen molar-refractivity contribution >= 4 is 57.6 Å². The first kappa shape index (κ1) is 25.9. The Labute approximate surface area is 229 Å². The Morgan fingerprint density at radius 3 is 2.50 bits per heavy atom. The summed E-state index contributed by atoms with van der Waals surface area (Å²) in [5, 5.41) is 4.12. The predicted molar refractivity (Wildman–Crippen MR) is 150 cm³/mol. The molecule has 4 aromatic rings. The Bertz CT molecular complexity index is 1580. The van der Waals surface area contributed by atoms with E-state index in [9.17, 15) is 9.59 Å². The number of aromatic nitrogens is 4. The van der Waals surface area contributed by atoms with Gasteiger partial charge in [-0.25, -0.2) is 14.3 Å². The summed E-state index contributed by atoms with van der Waals surface area (Å²) in [6.07, 6.45) is 3.21. The van der Waals surface area contributed by atoms with Crippen LogP contribution in [0.4, 0.5) is 17.5 Å². The van der Waals surface area contributed by atoms with Gasteiger partial charge < -0.3 is 16.0 Å². The number of nitrogens with zero attached hydrogens (tertiary/aromatic N) is 6. The fourth-order valence-corrected chi connectivity index (χ4v) is 5.02. The zero-order chi connectivity index (χ0) is 27.0. The lowest BCUT2D eigenvalue weighted by molar-refractivity contribution is -0.129. The van der Waals surface area contributed by atoms with Crippen molar-refractivity contribution in [3.8, 4) is 5.69 Å². The largest absolute Gasteiger partial charge is 0.384 e. The molecule has 3 N–H and O–H groups in total. The van der Waals surface area contributed by atoms with E-state index in [1.54, 1.807) is 37.2 Å². The highest BCUT2D eigenvalue weighted by Crippen LogP contribution is 2.30. The molecule has 0 radical (unpaired) electrons. The van der Waals surface area contributed by atoms with Gasteiger partial charge in [0.25, 0.3) is 0 Å². The molecule has 3 heterocycles. The van der Waals surface area contributed by atoms with E-state index in [0.717, 1.165) is 36.2 Å². The highest BCUT2D eigenvalue weighted by atomic mass is 35.5. The number of nitrogen functional groups attached to an aromatic ring is 1. The molecule has 38 heavy (non-hydrogen) atoms. The van der Waals surface area contributed by atoms with Gasteiger partial charge in [0.15, 0.2) is 5.65 Å². The normalized spacial score (nSPS) is 13.7. The van der Waals surface area contributed by atoms with Gasteiger partial charge in [0, 0.05) is 39.1 Å². The van der Waals surface area contributed by atoms with Gasteiger partial charge in [-0.15, -0.1) is 0 Å². The summed E-state index contributed by atoms with van der Waals surface area (Å²) < 4.78 is 1.16. The van der Waals surface area contributed by atoms with Crippen molar-refractivity contribution in [3.63, 3.8) is 0 Å². The molecule has 0 aliphatic carbocycles. The average molecular weight is 553 g/mol. The fraction of sp³-hybridized carbons (Fsp3) is 0.269. The number of rotatable bonds is 5. The Kier molecular flexibility index (Phi) is 7.20. The van der Waals surface area contributed by atoms with Gasteiger partial charge in [0.1, 0.15) is 5.82 Å². The maximum atomic E-state index is 12.9. The predicted octanol–water partition coefficient (Wildman–Crippen LogP) is 3.30. The molecule has 0 atom stereocenters. The number of fused-ring (bicyclic) bond motifs is 2. The van der Waals surface area contributed by atoms with Crippen LogP contribution in [0.3, 0.4) is 0 Å². The van der Waals surface area contributed by atoms with Crippen molar-refractivity contribution in [3.05, 3.63) is 74.3 Å². The topological polar surface area (TPSA) is 122 Å². The number of carbonyl (C=O) groups is 1. The molecule has 0 saturated carbocycles. The third kappa shape index (κ3) is 5.15. The lowest BCUT2D eigenvalue weighted by Gasteiger charge is -2.21. The van der Waals surface area contributed by atoms with Crippen LogP contribution in [-0.4, -0.2) is 69.0 Å².